The zero-order valence-electron chi connectivity index (χ0n) is 19.2. The fourth-order valence-corrected chi connectivity index (χ4v) is 3.35. The van der Waals surface area contributed by atoms with E-state index in [0.29, 0.717) is 29.1 Å². The van der Waals surface area contributed by atoms with Gasteiger partial charge in [-0.3, -0.25) is 4.79 Å². The summed E-state index contributed by atoms with van der Waals surface area (Å²) in [5.41, 5.74) is 1.72. The Hall–Kier alpha value is -2.33. The minimum Gasteiger partial charge on any atom is -0.437 e. The van der Waals surface area contributed by atoms with Crippen LogP contribution in [-0.4, -0.2) is 17.4 Å². The fraction of sp³-hybridized carbons (Fsp3) is 0.462. The van der Waals surface area contributed by atoms with Gasteiger partial charge in [-0.2, -0.15) is 0 Å². The topological polar surface area (TPSA) is 51.2 Å². The molecule has 0 spiro atoms. The summed E-state index contributed by atoms with van der Waals surface area (Å²) in [5.74, 6) is 0.928. The van der Waals surface area contributed by atoms with Gasteiger partial charge in [0.05, 0.1) is 5.52 Å². The standard InChI is InChI=1S/C26H35ClN2O2/c1-5-6-7-8-9-10-11-14-21(17-24(30)28-18-19(2)3)31-26-25(27)20(4)22-15-12-13-16-23(22)29-26/h11-17,19H,5-10,18H2,1-4H3,(H,28,30)/b14-11+,21-17+. The van der Waals surface area contributed by atoms with E-state index in [1.54, 1.807) is 0 Å². The van der Waals surface area contributed by atoms with Crippen LogP contribution in [0.25, 0.3) is 10.9 Å². The molecule has 0 saturated carbocycles. The van der Waals surface area contributed by atoms with Crippen molar-refractivity contribution in [3.63, 3.8) is 0 Å². The third-order valence-electron chi connectivity index (χ3n) is 4.98. The van der Waals surface area contributed by atoms with Gasteiger partial charge in [-0.15, -0.1) is 0 Å². The lowest BCUT2D eigenvalue weighted by molar-refractivity contribution is -0.116. The van der Waals surface area contributed by atoms with Crippen LogP contribution >= 0.6 is 11.6 Å². The van der Waals surface area contributed by atoms with E-state index in [1.807, 2.05) is 37.3 Å². The molecule has 1 amide bonds. The highest BCUT2D eigenvalue weighted by atomic mass is 35.5. The van der Waals surface area contributed by atoms with Crippen LogP contribution in [0.2, 0.25) is 5.02 Å². The summed E-state index contributed by atoms with van der Waals surface area (Å²) in [5, 5.41) is 4.34. The van der Waals surface area contributed by atoms with Crippen LogP contribution in [0.1, 0.15) is 64.9 Å². The van der Waals surface area contributed by atoms with Gasteiger partial charge < -0.3 is 10.1 Å². The van der Waals surface area contributed by atoms with E-state index in [-0.39, 0.29) is 5.91 Å². The number of rotatable bonds is 12. The number of amides is 1. The number of carbonyl (C=O) groups excluding carboxylic acids is 1. The highest BCUT2D eigenvalue weighted by Crippen LogP contribution is 2.32. The first-order chi connectivity index (χ1) is 14.9. The Kier molecular flexibility index (Phi) is 10.6. The second kappa shape index (κ2) is 13.2. The maximum atomic E-state index is 12.4. The molecule has 4 nitrogen and oxygen atoms in total. The van der Waals surface area contributed by atoms with Gasteiger partial charge in [0, 0.05) is 18.0 Å². The van der Waals surface area contributed by atoms with Gasteiger partial charge in [0.15, 0.2) is 0 Å². The first-order valence-electron chi connectivity index (χ1n) is 11.3. The summed E-state index contributed by atoms with van der Waals surface area (Å²) < 4.78 is 6.03. The van der Waals surface area contributed by atoms with E-state index in [2.05, 4.69) is 37.1 Å². The Morgan fingerprint density at radius 1 is 1.19 bits per heavy atom. The molecule has 1 aromatic heterocycles. The number of carbonyl (C=O) groups is 1. The molecule has 0 aliphatic rings. The minimum atomic E-state index is -0.190. The van der Waals surface area contributed by atoms with Crippen molar-refractivity contribution >= 4 is 28.4 Å². The summed E-state index contributed by atoms with van der Waals surface area (Å²) in [6.07, 6.45) is 12.4. The average molecular weight is 443 g/mol. The van der Waals surface area contributed by atoms with Gasteiger partial charge in [-0.05, 0) is 43.4 Å². The SMILES string of the molecule is CCCCCCC/C=C/C(=C\C(=O)NCC(C)C)Oc1nc2ccccc2c(C)c1Cl. The molecule has 2 aromatic rings. The second-order valence-electron chi connectivity index (χ2n) is 8.27. The number of halogens is 1. The molecule has 0 fully saturated rings. The minimum absolute atomic E-state index is 0.190. The maximum absolute atomic E-state index is 12.4. The van der Waals surface area contributed by atoms with Crippen LogP contribution in [0.5, 0.6) is 5.88 Å². The van der Waals surface area contributed by atoms with Gasteiger partial charge >= 0.3 is 0 Å². The van der Waals surface area contributed by atoms with Crippen molar-refractivity contribution in [2.24, 2.45) is 5.92 Å². The number of ether oxygens (including phenoxy) is 1. The number of aryl methyl sites for hydroxylation is 1. The highest BCUT2D eigenvalue weighted by Gasteiger charge is 2.13. The van der Waals surface area contributed by atoms with E-state index in [4.69, 9.17) is 16.3 Å². The molecule has 0 aliphatic carbocycles. The van der Waals surface area contributed by atoms with Gasteiger partial charge in [-0.25, -0.2) is 4.98 Å². The van der Waals surface area contributed by atoms with Crippen LogP contribution in [0.15, 0.2) is 48.3 Å². The van der Waals surface area contributed by atoms with Crippen molar-refractivity contribution in [1.29, 1.82) is 0 Å². The third-order valence-corrected chi connectivity index (χ3v) is 5.42. The molecule has 0 saturated heterocycles. The molecule has 1 N–H and O–H groups in total. The van der Waals surface area contributed by atoms with Crippen molar-refractivity contribution in [2.45, 2.75) is 66.2 Å². The number of aromatic nitrogens is 1. The van der Waals surface area contributed by atoms with Gasteiger partial charge in [0.25, 0.3) is 0 Å². The summed E-state index contributed by atoms with van der Waals surface area (Å²) in [7, 11) is 0. The number of para-hydroxylation sites is 1. The summed E-state index contributed by atoms with van der Waals surface area (Å²) >= 11 is 6.55. The molecule has 0 unspecified atom stereocenters. The molecule has 168 valence electrons. The van der Waals surface area contributed by atoms with E-state index in [9.17, 15) is 4.79 Å². The molecule has 1 heterocycles. The second-order valence-corrected chi connectivity index (χ2v) is 8.64. The van der Waals surface area contributed by atoms with Crippen LogP contribution in [0.3, 0.4) is 0 Å². The number of nitrogens with zero attached hydrogens (tertiary/aromatic N) is 1. The number of unbranched alkanes of at least 4 members (excludes halogenated alkanes) is 5. The lowest BCUT2D eigenvalue weighted by atomic mass is 10.1. The van der Waals surface area contributed by atoms with Gasteiger partial charge in [-0.1, -0.05) is 82.3 Å². The Bertz CT molecular complexity index is 919. The summed E-state index contributed by atoms with van der Waals surface area (Å²) in [6, 6.07) is 7.81. The molecule has 0 bridgehead atoms. The number of fused-ring (bicyclic) bond motifs is 1. The molecule has 2 rings (SSSR count). The smallest absolute Gasteiger partial charge is 0.247 e. The van der Waals surface area contributed by atoms with Crippen molar-refractivity contribution in [3.8, 4) is 5.88 Å². The Morgan fingerprint density at radius 3 is 2.68 bits per heavy atom. The van der Waals surface area contributed by atoms with E-state index in [1.165, 1.54) is 31.8 Å². The lowest BCUT2D eigenvalue weighted by Crippen LogP contribution is -2.26. The Labute approximate surface area is 191 Å². The number of pyridine rings is 1. The van der Waals surface area contributed by atoms with Crippen molar-refractivity contribution in [2.75, 3.05) is 6.54 Å². The van der Waals surface area contributed by atoms with Crippen molar-refractivity contribution in [3.05, 3.63) is 58.8 Å². The monoisotopic (exact) mass is 442 g/mol. The van der Waals surface area contributed by atoms with E-state index < -0.39 is 0 Å². The predicted molar refractivity (Wildman–Crippen MR) is 131 cm³/mol. The van der Waals surface area contributed by atoms with E-state index >= 15 is 0 Å². The first kappa shape index (κ1) is 24.9. The van der Waals surface area contributed by atoms with Crippen molar-refractivity contribution < 1.29 is 9.53 Å². The fourth-order valence-electron chi connectivity index (χ4n) is 3.17. The summed E-state index contributed by atoms with van der Waals surface area (Å²) in [6.45, 7) is 8.89. The molecule has 31 heavy (non-hydrogen) atoms. The average Bonchev–Trinajstić information content (AvgIpc) is 2.75. The molecule has 5 heteroatoms. The number of allylic oxidation sites excluding steroid dienone is 2. The number of benzene rings is 1. The van der Waals surface area contributed by atoms with E-state index in [0.717, 1.165) is 29.3 Å². The van der Waals surface area contributed by atoms with Crippen LogP contribution < -0.4 is 10.1 Å². The lowest BCUT2D eigenvalue weighted by Gasteiger charge is -2.12. The molecule has 1 aromatic carbocycles. The van der Waals surface area contributed by atoms with Crippen LogP contribution in [0.4, 0.5) is 0 Å². The molecular weight excluding hydrogens is 408 g/mol. The van der Waals surface area contributed by atoms with Crippen molar-refractivity contribution in [1.82, 2.24) is 10.3 Å². The Balaban J connectivity index is 2.19. The Morgan fingerprint density at radius 2 is 1.94 bits per heavy atom. The first-order valence-corrected chi connectivity index (χ1v) is 11.7. The quantitative estimate of drug-likeness (QED) is 0.164. The maximum Gasteiger partial charge on any atom is 0.247 e. The molecule has 0 atom stereocenters. The normalized spacial score (nSPS) is 12.1. The number of hydrogen-bond donors (Lipinski definition) is 1. The molecular formula is C26H35ClN2O2. The zero-order valence-corrected chi connectivity index (χ0v) is 20.0. The summed E-state index contributed by atoms with van der Waals surface area (Å²) in [4.78, 5) is 16.9. The zero-order chi connectivity index (χ0) is 22.6. The molecule has 0 aliphatic heterocycles. The molecule has 0 radical (unpaired) electrons. The third kappa shape index (κ3) is 8.37. The number of nitrogens with one attached hydrogen (secondary N) is 1. The van der Waals surface area contributed by atoms with Crippen LogP contribution in [0, 0.1) is 12.8 Å². The largest absolute Gasteiger partial charge is 0.437 e. The number of hydrogen-bond acceptors (Lipinski definition) is 3. The van der Waals surface area contributed by atoms with Crippen LogP contribution in [-0.2, 0) is 4.79 Å². The van der Waals surface area contributed by atoms with Gasteiger partial charge in [0.1, 0.15) is 10.8 Å². The predicted octanol–water partition coefficient (Wildman–Crippen LogP) is 7.15. The highest BCUT2D eigenvalue weighted by molar-refractivity contribution is 6.33. The van der Waals surface area contributed by atoms with Gasteiger partial charge in [0.2, 0.25) is 11.8 Å².